The van der Waals surface area contributed by atoms with Crippen molar-refractivity contribution >= 4 is 23.2 Å². The minimum atomic E-state index is -0.640. The van der Waals surface area contributed by atoms with Crippen LogP contribution < -0.4 is 5.32 Å². The Balaban J connectivity index is 2.60. The number of carbonyl (C=O) groups excluding carboxylic acids is 1. The Kier molecular flexibility index (Phi) is 4.48. The molecule has 0 saturated carbocycles. The number of anilines is 1. The molecule has 0 aliphatic rings. The molecule has 0 aliphatic carbocycles. The molecule has 0 radical (unpaired) electrons. The first-order valence-electron chi connectivity index (χ1n) is 5.17. The predicted octanol–water partition coefficient (Wildman–Crippen LogP) is 3.23. The van der Waals surface area contributed by atoms with Gasteiger partial charge in [-0.1, -0.05) is 17.7 Å². The lowest BCUT2D eigenvalue weighted by molar-refractivity contribution is -0.125. The number of ether oxygens (including phenoxy) is 1. The van der Waals surface area contributed by atoms with Gasteiger partial charge in [-0.2, -0.15) is 0 Å². The van der Waals surface area contributed by atoms with Crippen molar-refractivity contribution < 1.29 is 13.9 Å². The van der Waals surface area contributed by atoms with Crippen molar-refractivity contribution in [2.24, 2.45) is 0 Å². The highest BCUT2D eigenvalue weighted by Crippen LogP contribution is 2.21. The normalized spacial score (nSPS) is 11.4. The Bertz CT molecular complexity index is 415. The molecule has 1 aromatic carbocycles. The van der Waals surface area contributed by atoms with Crippen LogP contribution in [0.5, 0.6) is 0 Å². The molecule has 0 saturated heterocycles. The fourth-order valence-corrected chi connectivity index (χ4v) is 1.24. The number of hydrogen-bond donors (Lipinski definition) is 1. The highest BCUT2D eigenvalue weighted by molar-refractivity contribution is 6.31. The Labute approximate surface area is 105 Å². The third kappa shape index (κ3) is 4.71. The number of rotatable bonds is 3. The summed E-state index contributed by atoms with van der Waals surface area (Å²) in [6, 6.07) is 4.42. The molecule has 1 N–H and O–H groups in total. The van der Waals surface area contributed by atoms with Crippen LogP contribution in [0, 0.1) is 5.82 Å². The van der Waals surface area contributed by atoms with Gasteiger partial charge in [-0.3, -0.25) is 4.79 Å². The fourth-order valence-electron chi connectivity index (χ4n) is 1.07. The van der Waals surface area contributed by atoms with E-state index in [9.17, 15) is 9.18 Å². The molecule has 0 spiro atoms. The van der Waals surface area contributed by atoms with E-state index in [4.69, 9.17) is 16.3 Å². The minimum absolute atomic E-state index is 0.0282. The van der Waals surface area contributed by atoms with Gasteiger partial charge < -0.3 is 10.1 Å². The van der Waals surface area contributed by atoms with Gasteiger partial charge >= 0.3 is 0 Å². The van der Waals surface area contributed by atoms with Crippen molar-refractivity contribution in [1.82, 2.24) is 0 Å². The molecule has 0 bridgehead atoms. The Morgan fingerprint density at radius 1 is 1.47 bits per heavy atom. The Morgan fingerprint density at radius 3 is 2.71 bits per heavy atom. The van der Waals surface area contributed by atoms with Gasteiger partial charge in [-0.15, -0.1) is 0 Å². The molecule has 94 valence electrons. The first-order valence-corrected chi connectivity index (χ1v) is 5.55. The molecule has 3 nitrogen and oxygen atoms in total. The number of halogens is 2. The minimum Gasteiger partial charge on any atom is -0.366 e. The molecule has 17 heavy (non-hydrogen) atoms. The largest absolute Gasteiger partial charge is 0.366 e. The summed E-state index contributed by atoms with van der Waals surface area (Å²) >= 11 is 5.59. The zero-order chi connectivity index (χ0) is 13.1. The van der Waals surface area contributed by atoms with Crippen LogP contribution >= 0.6 is 11.6 Å². The van der Waals surface area contributed by atoms with Gasteiger partial charge in [0.2, 0.25) is 5.91 Å². The molecular formula is C12H15ClFNO2. The SMILES string of the molecule is CC(C)(C)OCC(=O)Nc1cccc(Cl)c1F. The maximum absolute atomic E-state index is 13.4. The average molecular weight is 260 g/mol. The third-order valence-corrected chi connectivity index (χ3v) is 2.15. The maximum atomic E-state index is 13.4. The summed E-state index contributed by atoms with van der Waals surface area (Å²) in [6.45, 7) is 5.37. The predicted molar refractivity (Wildman–Crippen MR) is 65.7 cm³/mol. The first-order chi connectivity index (χ1) is 7.79. The van der Waals surface area contributed by atoms with Gasteiger partial charge in [-0.25, -0.2) is 4.39 Å². The Hall–Kier alpha value is -1.13. The molecule has 1 amide bonds. The van der Waals surface area contributed by atoms with E-state index in [-0.39, 0.29) is 17.3 Å². The van der Waals surface area contributed by atoms with Crippen LogP contribution in [-0.2, 0) is 9.53 Å². The van der Waals surface area contributed by atoms with Crippen LogP contribution in [-0.4, -0.2) is 18.1 Å². The maximum Gasteiger partial charge on any atom is 0.250 e. The molecule has 0 atom stereocenters. The van der Waals surface area contributed by atoms with E-state index in [2.05, 4.69) is 5.32 Å². The van der Waals surface area contributed by atoms with Gasteiger partial charge in [0.05, 0.1) is 16.3 Å². The quantitative estimate of drug-likeness (QED) is 0.905. The number of benzene rings is 1. The standard InChI is InChI=1S/C12H15ClFNO2/c1-12(2,3)17-7-10(16)15-9-6-4-5-8(13)11(9)14/h4-6H,7H2,1-3H3,(H,15,16). The van der Waals surface area contributed by atoms with Gasteiger partial charge in [-0.05, 0) is 32.9 Å². The smallest absolute Gasteiger partial charge is 0.250 e. The van der Waals surface area contributed by atoms with Crippen LogP contribution in [0.25, 0.3) is 0 Å². The van der Waals surface area contributed by atoms with Crippen LogP contribution in [0.4, 0.5) is 10.1 Å². The Morgan fingerprint density at radius 2 is 2.12 bits per heavy atom. The zero-order valence-electron chi connectivity index (χ0n) is 10.0. The second-order valence-electron chi connectivity index (χ2n) is 4.55. The lowest BCUT2D eigenvalue weighted by Crippen LogP contribution is -2.27. The van der Waals surface area contributed by atoms with E-state index in [0.717, 1.165) is 0 Å². The summed E-state index contributed by atoms with van der Waals surface area (Å²) in [5.74, 6) is -1.06. The first kappa shape index (κ1) is 13.9. The summed E-state index contributed by atoms with van der Waals surface area (Å²) in [6.07, 6.45) is 0. The molecule has 0 aromatic heterocycles. The summed E-state index contributed by atoms with van der Waals surface area (Å²) in [4.78, 5) is 11.5. The van der Waals surface area contributed by atoms with Crippen molar-refractivity contribution in [1.29, 1.82) is 0 Å². The number of nitrogens with one attached hydrogen (secondary N) is 1. The highest BCUT2D eigenvalue weighted by atomic mass is 35.5. The fraction of sp³-hybridized carbons (Fsp3) is 0.417. The van der Waals surface area contributed by atoms with E-state index in [1.807, 2.05) is 20.8 Å². The van der Waals surface area contributed by atoms with Crippen LogP contribution in [0.3, 0.4) is 0 Å². The summed E-state index contributed by atoms with van der Waals surface area (Å²) in [5.41, 5.74) is -0.357. The van der Waals surface area contributed by atoms with Gasteiger partial charge in [0.15, 0.2) is 5.82 Å². The van der Waals surface area contributed by atoms with Crippen molar-refractivity contribution in [2.75, 3.05) is 11.9 Å². The number of amides is 1. The second kappa shape index (κ2) is 5.47. The van der Waals surface area contributed by atoms with E-state index in [1.54, 1.807) is 6.07 Å². The molecule has 0 heterocycles. The van der Waals surface area contributed by atoms with Crippen LogP contribution in [0.2, 0.25) is 5.02 Å². The molecule has 5 heteroatoms. The molecule has 0 fully saturated rings. The average Bonchev–Trinajstić information content (AvgIpc) is 2.21. The van der Waals surface area contributed by atoms with E-state index in [1.165, 1.54) is 12.1 Å². The van der Waals surface area contributed by atoms with E-state index < -0.39 is 17.3 Å². The summed E-state index contributed by atoms with van der Waals surface area (Å²) < 4.78 is 18.7. The molecule has 1 aromatic rings. The van der Waals surface area contributed by atoms with Gasteiger partial charge in [0.25, 0.3) is 0 Å². The number of hydrogen-bond acceptors (Lipinski definition) is 2. The highest BCUT2D eigenvalue weighted by Gasteiger charge is 2.14. The monoisotopic (exact) mass is 259 g/mol. The van der Waals surface area contributed by atoms with E-state index in [0.29, 0.717) is 0 Å². The van der Waals surface area contributed by atoms with Gasteiger partial charge in [0.1, 0.15) is 6.61 Å². The summed E-state index contributed by atoms with van der Waals surface area (Å²) in [7, 11) is 0. The topological polar surface area (TPSA) is 38.3 Å². The van der Waals surface area contributed by atoms with Crippen LogP contribution in [0.15, 0.2) is 18.2 Å². The number of carbonyl (C=O) groups is 1. The second-order valence-corrected chi connectivity index (χ2v) is 4.96. The lowest BCUT2D eigenvalue weighted by atomic mass is 10.2. The zero-order valence-corrected chi connectivity index (χ0v) is 10.8. The molecule has 1 rings (SSSR count). The van der Waals surface area contributed by atoms with Crippen molar-refractivity contribution in [3.63, 3.8) is 0 Å². The van der Waals surface area contributed by atoms with Crippen molar-refractivity contribution in [3.8, 4) is 0 Å². The van der Waals surface area contributed by atoms with Crippen LogP contribution in [0.1, 0.15) is 20.8 Å². The molecular weight excluding hydrogens is 245 g/mol. The molecule has 0 unspecified atom stereocenters. The molecule has 0 aliphatic heterocycles. The summed E-state index contributed by atoms with van der Waals surface area (Å²) in [5, 5.41) is 2.37. The lowest BCUT2D eigenvalue weighted by Gasteiger charge is -2.19. The van der Waals surface area contributed by atoms with E-state index >= 15 is 0 Å². The third-order valence-electron chi connectivity index (χ3n) is 1.86. The van der Waals surface area contributed by atoms with Crippen molar-refractivity contribution in [3.05, 3.63) is 29.0 Å². The van der Waals surface area contributed by atoms with Gasteiger partial charge in [0, 0.05) is 0 Å². The van der Waals surface area contributed by atoms with Crippen molar-refractivity contribution in [2.45, 2.75) is 26.4 Å².